The Morgan fingerprint density at radius 3 is 2.67 bits per heavy atom. The Labute approximate surface area is 109 Å². The van der Waals surface area contributed by atoms with Crippen molar-refractivity contribution >= 4 is 21.6 Å². The highest BCUT2D eigenvalue weighted by Crippen LogP contribution is 2.40. The van der Waals surface area contributed by atoms with Crippen molar-refractivity contribution in [2.45, 2.75) is 51.5 Å². The third-order valence-electron chi connectivity index (χ3n) is 3.72. The first-order valence-electron chi connectivity index (χ1n) is 6.29. The van der Waals surface area contributed by atoms with E-state index in [1.165, 1.54) is 10.3 Å². The number of aromatic nitrogens is 2. The van der Waals surface area contributed by atoms with Gasteiger partial charge in [-0.2, -0.15) is 5.10 Å². The molecule has 1 aliphatic carbocycles. The molecule has 1 aliphatic rings. The smallest absolute Gasteiger partial charge is 0.248 e. The third kappa shape index (κ3) is 1.94. The summed E-state index contributed by atoms with van der Waals surface area (Å²) < 4.78 is 28.4. The summed E-state index contributed by atoms with van der Waals surface area (Å²) >= 11 is 1.71. The summed E-state index contributed by atoms with van der Waals surface area (Å²) in [5, 5.41) is 5.72. The minimum Gasteiger partial charge on any atom is -0.251 e. The van der Waals surface area contributed by atoms with Gasteiger partial charge in [-0.3, -0.25) is 4.68 Å². The van der Waals surface area contributed by atoms with Gasteiger partial charge in [0, 0.05) is 23.1 Å². The molecule has 0 radical (unpaired) electrons. The Bertz CT molecular complexity index is 575. The lowest BCUT2D eigenvalue weighted by Gasteiger charge is -2.28. The molecule has 2 aromatic heterocycles. The molecule has 0 unspecified atom stereocenters. The zero-order valence-electron chi connectivity index (χ0n) is 10.5. The summed E-state index contributed by atoms with van der Waals surface area (Å²) in [6.45, 7) is 4.06. The topological polar surface area (TPSA) is 17.8 Å². The van der Waals surface area contributed by atoms with E-state index in [-0.39, 0.29) is 18.9 Å². The van der Waals surface area contributed by atoms with Crippen molar-refractivity contribution in [3.05, 3.63) is 16.6 Å². The van der Waals surface area contributed by atoms with E-state index in [4.69, 9.17) is 0 Å². The molecule has 3 rings (SSSR count). The fourth-order valence-corrected chi connectivity index (χ4v) is 3.79. The van der Waals surface area contributed by atoms with Crippen LogP contribution in [0.25, 0.3) is 10.2 Å². The second kappa shape index (κ2) is 4.02. The molecule has 1 saturated carbocycles. The first-order chi connectivity index (χ1) is 8.46. The molecule has 98 valence electrons. The van der Waals surface area contributed by atoms with Crippen LogP contribution in [0, 0.1) is 13.8 Å². The Balaban J connectivity index is 1.95. The summed E-state index contributed by atoms with van der Waals surface area (Å²) in [6.07, 6.45) is 1.03. The van der Waals surface area contributed by atoms with Crippen molar-refractivity contribution in [1.29, 1.82) is 0 Å². The van der Waals surface area contributed by atoms with Crippen LogP contribution in [-0.4, -0.2) is 15.7 Å². The molecule has 1 fully saturated rings. The molecule has 0 bridgehead atoms. The Morgan fingerprint density at radius 1 is 1.33 bits per heavy atom. The first-order valence-corrected chi connectivity index (χ1v) is 7.11. The van der Waals surface area contributed by atoms with Crippen LogP contribution in [0.2, 0.25) is 0 Å². The lowest BCUT2D eigenvalue weighted by molar-refractivity contribution is -0.0445. The molecular formula is C13H16F2N2S. The van der Waals surface area contributed by atoms with Crippen LogP contribution in [0.3, 0.4) is 0 Å². The fraction of sp³-hybridized carbons (Fsp3) is 0.615. The van der Waals surface area contributed by atoms with Gasteiger partial charge in [0.15, 0.2) is 0 Å². The predicted octanol–water partition coefficient (Wildman–Crippen LogP) is 4.47. The molecule has 0 spiro atoms. The number of nitrogens with zero attached hydrogens (tertiary/aromatic N) is 2. The van der Waals surface area contributed by atoms with E-state index in [0.717, 1.165) is 10.5 Å². The quantitative estimate of drug-likeness (QED) is 0.747. The largest absolute Gasteiger partial charge is 0.251 e. The van der Waals surface area contributed by atoms with E-state index in [9.17, 15) is 8.78 Å². The summed E-state index contributed by atoms with van der Waals surface area (Å²) in [6, 6.07) is 2.27. The van der Waals surface area contributed by atoms with Crippen molar-refractivity contribution in [2.75, 3.05) is 0 Å². The average Bonchev–Trinajstić information content (AvgIpc) is 2.79. The van der Waals surface area contributed by atoms with Crippen molar-refractivity contribution in [3.63, 3.8) is 0 Å². The number of rotatable bonds is 1. The Morgan fingerprint density at radius 2 is 2.00 bits per heavy atom. The third-order valence-corrected chi connectivity index (χ3v) is 4.76. The Kier molecular flexibility index (Phi) is 2.70. The van der Waals surface area contributed by atoms with Crippen LogP contribution >= 0.6 is 11.3 Å². The van der Waals surface area contributed by atoms with Crippen LogP contribution in [-0.2, 0) is 0 Å². The number of halogens is 2. The number of fused-ring (bicyclic) bond motifs is 1. The molecule has 0 saturated heterocycles. The van der Waals surface area contributed by atoms with E-state index in [1.807, 2.05) is 11.6 Å². The van der Waals surface area contributed by atoms with E-state index >= 15 is 0 Å². The SMILES string of the molecule is Cc1cc2c(C)nn(C3CCC(F)(F)CC3)c2s1. The van der Waals surface area contributed by atoms with Gasteiger partial charge in [-0.05, 0) is 32.8 Å². The van der Waals surface area contributed by atoms with E-state index in [2.05, 4.69) is 18.1 Å². The van der Waals surface area contributed by atoms with Crippen LogP contribution in [0.4, 0.5) is 8.78 Å². The van der Waals surface area contributed by atoms with E-state index in [0.29, 0.717) is 12.8 Å². The minimum absolute atomic E-state index is 0.0115. The highest BCUT2D eigenvalue weighted by molar-refractivity contribution is 7.18. The Hall–Kier alpha value is -0.970. The first kappa shape index (κ1) is 12.1. The number of aryl methyl sites for hydroxylation is 2. The zero-order chi connectivity index (χ0) is 12.9. The van der Waals surface area contributed by atoms with Gasteiger partial charge in [0.25, 0.3) is 0 Å². The van der Waals surface area contributed by atoms with Gasteiger partial charge in [0.2, 0.25) is 5.92 Å². The van der Waals surface area contributed by atoms with Crippen molar-refractivity contribution in [1.82, 2.24) is 9.78 Å². The predicted molar refractivity (Wildman–Crippen MR) is 69.5 cm³/mol. The molecule has 0 amide bonds. The van der Waals surface area contributed by atoms with Crippen molar-refractivity contribution in [3.8, 4) is 0 Å². The van der Waals surface area contributed by atoms with Crippen molar-refractivity contribution < 1.29 is 8.78 Å². The van der Waals surface area contributed by atoms with Crippen LogP contribution in [0.5, 0.6) is 0 Å². The summed E-state index contributed by atoms with van der Waals surface area (Å²) in [5.41, 5.74) is 1.01. The van der Waals surface area contributed by atoms with Crippen molar-refractivity contribution in [2.24, 2.45) is 0 Å². The van der Waals surface area contributed by atoms with Gasteiger partial charge in [0.05, 0.1) is 11.7 Å². The summed E-state index contributed by atoms with van der Waals surface area (Å²) in [7, 11) is 0. The van der Waals surface area contributed by atoms with Crippen LogP contribution < -0.4 is 0 Å². The minimum atomic E-state index is -2.47. The van der Waals surface area contributed by atoms with Gasteiger partial charge >= 0.3 is 0 Å². The maximum atomic E-state index is 13.2. The highest BCUT2D eigenvalue weighted by Gasteiger charge is 2.36. The molecule has 18 heavy (non-hydrogen) atoms. The number of thiophene rings is 1. The van der Waals surface area contributed by atoms with Gasteiger partial charge in [-0.15, -0.1) is 11.3 Å². The monoisotopic (exact) mass is 270 g/mol. The maximum Gasteiger partial charge on any atom is 0.248 e. The average molecular weight is 270 g/mol. The van der Waals surface area contributed by atoms with Crippen LogP contribution in [0.1, 0.15) is 42.3 Å². The molecule has 0 N–H and O–H groups in total. The number of hydrogen-bond acceptors (Lipinski definition) is 2. The second-order valence-electron chi connectivity index (χ2n) is 5.19. The molecule has 5 heteroatoms. The summed E-state index contributed by atoms with van der Waals surface area (Å²) in [5.74, 6) is -2.47. The molecule has 2 heterocycles. The van der Waals surface area contributed by atoms with E-state index < -0.39 is 5.92 Å². The lowest BCUT2D eigenvalue weighted by Crippen LogP contribution is -2.26. The molecule has 0 aliphatic heterocycles. The maximum absolute atomic E-state index is 13.2. The zero-order valence-corrected chi connectivity index (χ0v) is 11.4. The molecular weight excluding hydrogens is 254 g/mol. The molecule has 0 aromatic carbocycles. The number of hydrogen-bond donors (Lipinski definition) is 0. The van der Waals surface area contributed by atoms with Gasteiger partial charge in [-0.1, -0.05) is 0 Å². The van der Waals surface area contributed by atoms with Gasteiger partial charge in [0.1, 0.15) is 4.83 Å². The highest BCUT2D eigenvalue weighted by atomic mass is 32.1. The van der Waals surface area contributed by atoms with Crippen LogP contribution in [0.15, 0.2) is 6.07 Å². The molecule has 2 aromatic rings. The second-order valence-corrected chi connectivity index (χ2v) is 6.43. The van der Waals surface area contributed by atoms with Gasteiger partial charge in [-0.25, -0.2) is 8.78 Å². The fourth-order valence-electron chi connectivity index (χ4n) is 2.71. The normalized spacial score (nSPS) is 20.7. The number of alkyl halides is 2. The van der Waals surface area contributed by atoms with Gasteiger partial charge < -0.3 is 0 Å². The molecule has 0 atom stereocenters. The van der Waals surface area contributed by atoms with E-state index in [1.54, 1.807) is 11.3 Å². The molecule has 2 nitrogen and oxygen atoms in total. The summed E-state index contributed by atoms with van der Waals surface area (Å²) in [4.78, 5) is 2.39. The lowest BCUT2D eigenvalue weighted by atomic mass is 9.92. The standard InChI is InChI=1S/C13H16F2N2S/c1-8-7-11-9(2)16-17(12(11)18-8)10-3-5-13(14,15)6-4-10/h7,10H,3-6H2,1-2H3.